The lowest BCUT2D eigenvalue weighted by atomic mass is 9.82. The fourth-order valence-corrected chi connectivity index (χ4v) is 1.42. The third-order valence-corrected chi connectivity index (χ3v) is 2.11. The molecule has 70 valence electrons. The van der Waals surface area contributed by atoms with Gasteiger partial charge in [-0.05, 0) is 19.4 Å². The molecule has 0 amide bonds. The smallest absolute Gasteiger partial charge is 0.204 e. The number of allylic oxidation sites excluding steroid dienone is 3. The quantitative estimate of drug-likeness (QED) is 0.501. The molecule has 0 aliphatic carbocycles. The molecule has 0 aromatic rings. The summed E-state index contributed by atoms with van der Waals surface area (Å²) >= 11 is 0. The van der Waals surface area contributed by atoms with Gasteiger partial charge in [0.15, 0.2) is 0 Å². The Morgan fingerprint density at radius 2 is 2.54 bits per heavy atom. The number of hydrogen-bond donors (Lipinski definition) is 2. The maximum atomic E-state index is 9.21. The zero-order valence-corrected chi connectivity index (χ0v) is 7.70. The minimum Gasteiger partial charge on any atom is -0.494 e. The van der Waals surface area contributed by atoms with Gasteiger partial charge in [-0.25, -0.2) is 0 Å². The van der Waals surface area contributed by atoms with E-state index >= 15 is 0 Å². The van der Waals surface area contributed by atoms with Gasteiger partial charge in [0.2, 0.25) is 5.88 Å². The first-order chi connectivity index (χ1) is 6.10. The third kappa shape index (κ3) is 1.80. The monoisotopic (exact) mass is 178 g/mol. The van der Waals surface area contributed by atoms with Gasteiger partial charge < -0.3 is 10.8 Å². The Hall–Kier alpha value is -1.51. The van der Waals surface area contributed by atoms with E-state index < -0.39 is 0 Å². The van der Waals surface area contributed by atoms with Gasteiger partial charge in [-0.1, -0.05) is 12.2 Å². The highest BCUT2D eigenvalue weighted by atomic mass is 16.3. The molecule has 1 atom stereocenters. The van der Waals surface area contributed by atoms with E-state index in [-0.39, 0.29) is 11.3 Å². The number of rotatable bonds is 2. The maximum absolute atomic E-state index is 9.21. The van der Waals surface area contributed by atoms with Crippen LogP contribution in [0.3, 0.4) is 0 Å². The largest absolute Gasteiger partial charge is 0.494 e. The van der Waals surface area contributed by atoms with Crippen LogP contribution in [0.25, 0.3) is 0 Å². The van der Waals surface area contributed by atoms with Crippen LogP contribution in [0.5, 0.6) is 0 Å². The summed E-state index contributed by atoms with van der Waals surface area (Å²) in [6.45, 7) is 5.62. The standard InChI is InChI=1S/C10H14N2O/c1-3-5-10(2)6-4-7-12-8(10)9(11)13/h3-4,6-7,13H,1,5,11H2,2H3/b9-8-. The third-order valence-electron chi connectivity index (χ3n) is 2.11. The second kappa shape index (κ2) is 3.47. The topological polar surface area (TPSA) is 58.6 Å². The summed E-state index contributed by atoms with van der Waals surface area (Å²) in [5.41, 5.74) is 5.51. The molecule has 3 nitrogen and oxygen atoms in total. The van der Waals surface area contributed by atoms with Crippen LogP contribution < -0.4 is 5.73 Å². The molecule has 1 heterocycles. The van der Waals surface area contributed by atoms with Crippen LogP contribution in [0.2, 0.25) is 0 Å². The molecule has 1 aliphatic heterocycles. The van der Waals surface area contributed by atoms with Crippen molar-refractivity contribution in [2.24, 2.45) is 16.1 Å². The predicted octanol–water partition coefficient (Wildman–Crippen LogP) is 1.90. The molecule has 0 spiro atoms. The molecule has 1 rings (SSSR count). The molecule has 0 fully saturated rings. The summed E-state index contributed by atoms with van der Waals surface area (Å²) in [7, 11) is 0. The highest BCUT2D eigenvalue weighted by Crippen LogP contribution is 2.36. The first-order valence-corrected chi connectivity index (χ1v) is 4.12. The van der Waals surface area contributed by atoms with Crippen molar-refractivity contribution < 1.29 is 5.11 Å². The first kappa shape index (κ1) is 9.58. The van der Waals surface area contributed by atoms with Crippen molar-refractivity contribution >= 4 is 6.21 Å². The van der Waals surface area contributed by atoms with Crippen molar-refractivity contribution in [3.05, 3.63) is 36.4 Å². The van der Waals surface area contributed by atoms with Crippen molar-refractivity contribution in [2.45, 2.75) is 13.3 Å². The summed E-state index contributed by atoms with van der Waals surface area (Å²) < 4.78 is 0. The van der Waals surface area contributed by atoms with Gasteiger partial charge in [0, 0.05) is 11.6 Å². The molecule has 0 saturated heterocycles. The molecular formula is C10H14N2O. The highest BCUT2D eigenvalue weighted by Gasteiger charge is 2.28. The average Bonchev–Trinajstić information content (AvgIpc) is 2.04. The van der Waals surface area contributed by atoms with Gasteiger partial charge in [0.25, 0.3) is 0 Å². The van der Waals surface area contributed by atoms with Crippen LogP contribution >= 0.6 is 0 Å². The van der Waals surface area contributed by atoms with E-state index in [1.807, 2.05) is 19.1 Å². The molecule has 3 N–H and O–H groups in total. The molecule has 0 saturated carbocycles. The predicted molar refractivity (Wildman–Crippen MR) is 54.4 cm³/mol. The summed E-state index contributed by atoms with van der Waals surface area (Å²) in [6, 6.07) is 0. The van der Waals surface area contributed by atoms with E-state index in [2.05, 4.69) is 11.6 Å². The lowest BCUT2D eigenvalue weighted by Crippen LogP contribution is -2.21. The fraction of sp³-hybridized carbons (Fsp3) is 0.300. The summed E-state index contributed by atoms with van der Waals surface area (Å²) in [5, 5.41) is 9.21. The Labute approximate surface area is 78.0 Å². The molecule has 1 aliphatic rings. The fourth-order valence-electron chi connectivity index (χ4n) is 1.42. The SMILES string of the molecule is C=CCC1(C)C=CC=N/C1=C(/N)O. The van der Waals surface area contributed by atoms with Crippen molar-refractivity contribution in [3.63, 3.8) is 0 Å². The summed E-state index contributed by atoms with van der Waals surface area (Å²) in [4.78, 5) is 4.05. The van der Waals surface area contributed by atoms with E-state index in [9.17, 15) is 5.11 Å². The Morgan fingerprint density at radius 1 is 1.85 bits per heavy atom. The molecule has 0 aromatic heterocycles. The van der Waals surface area contributed by atoms with Crippen LogP contribution in [0.4, 0.5) is 0 Å². The number of nitrogens with zero attached hydrogens (tertiary/aromatic N) is 1. The molecule has 13 heavy (non-hydrogen) atoms. The van der Waals surface area contributed by atoms with Crippen molar-refractivity contribution in [1.82, 2.24) is 0 Å². The number of dihydropyridines is 1. The Kier molecular flexibility index (Phi) is 2.56. The number of aliphatic imine (C=N–C) groups is 1. The minimum atomic E-state index is -0.324. The lowest BCUT2D eigenvalue weighted by Gasteiger charge is -2.26. The second-order valence-electron chi connectivity index (χ2n) is 3.28. The molecule has 1 unspecified atom stereocenters. The normalized spacial score (nSPS) is 30.2. The van der Waals surface area contributed by atoms with Gasteiger partial charge >= 0.3 is 0 Å². The van der Waals surface area contributed by atoms with Crippen molar-refractivity contribution in [2.75, 3.05) is 0 Å². The van der Waals surface area contributed by atoms with Crippen LogP contribution in [0, 0.1) is 5.41 Å². The number of nitrogens with two attached hydrogens (primary N) is 1. The van der Waals surface area contributed by atoms with Crippen LogP contribution in [-0.4, -0.2) is 11.3 Å². The Bertz CT molecular complexity index is 298. The second-order valence-corrected chi connectivity index (χ2v) is 3.28. The number of aliphatic hydroxyl groups is 1. The first-order valence-electron chi connectivity index (χ1n) is 4.12. The van der Waals surface area contributed by atoms with E-state index in [1.165, 1.54) is 0 Å². The van der Waals surface area contributed by atoms with Gasteiger partial charge in [-0.2, -0.15) is 0 Å². The summed E-state index contributed by atoms with van der Waals surface area (Å²) in [6.07, 6.45) is 7.91. The van der Waals surface area contributed by atoms with Crippen molar-refractivity contribution in [1.29, 1.82) is 0 Å². The van der Waals surface area contributed by atoms with Crippen LogP contribution in [0.15, 0.2) is 41.4 Å². The van der Waals surface area contributed by atoms with Gasteiger partial charge in [-0.15, -0.1) is 6.58 Å². The lowest BCUT2D eigenvalue weighted by molar-refractivity contribution is 0.369. The zero-order chi connectivity index (χ0) is 9.90. The molecule has 3 heteroatoms. The van der Waals surface area contributed by atoms with Gasteiger partial charge in [0.1, 0.15) is 5.70 Å². The average molecular weight is 178 g/mol. The zero-order valence-electron chi connectivity index (χ0n) is 7.70. The molecule has 0 aromatic carbocycles. The minimum absolute atomic E-state index is 0.218. The van der Waals surface area contributed by atoms with E-state index in [1.54, 1.807) is 12.3 Å². The van der Waals surface area contributed by atoms with Gasteiger partial charge in [0.05, 0.1) is 0 Å². The van der Waals surface area contributed by atoms with E-state index in [0.717, 1.165) is 0 Å². The number of hydrogen-bond acceptors (Lipinski definition) is 3. The van der Waals surface area contributed by atoms with E-state index in [0.29, 0.717) is 12.1 Å². The van der Waals surface area contributed by atoms with E-state index in [4.69, 9.17) is 5.73 Å². The Balaban J connectivity index is 3.08. The summed E-state index contributed by atoms with van der Waals surface area (Å²) in [5.74, 6) is -0.218. The number of aliphatic hydroxyl groups excluding tert-OH is 1. The molecule has 0 bridgehead atoms. The highest BCUT2D eigenvalue weighted by molar-refractivity contribution is 5.74. The van der Waals surface area contributed by atoms with Gasteiger partial charge in [-0.3, -0.25) is 4.99 Å². The Morgan fingerprint density at radius 3 is 3.08 bits per heavy atom. The molecular weight excluding hydrogens is 164 g/mol. The molecule has 0 radical (unpaired) electrons. The van der Waals surface area contributed by atoms with Crippen LogP contribution in [-0.2, 0) is 0 Å². The van der Waals surface area contributed by atoms with Crippen LogP contribution in [0.1, 0.15) is 13.3 Å². The maximum Gasteiger partial charge on any atom is 0.204 e. The van der Waals surface area contributed by atoms with Crippen molar-refractivity contribution in [3.8, 4) is 0 Å².